The summed E-state index contributed by atoms with van der Waals surface area (Å²) in [6, 6.07) is 4.56. The maximum atomic E-state index is 12.4. The molecule has 1 aliphatic rings. The van der Waals surface area contributed by atoms with Crippen molar-refractivity contribution in [1.29, 1.82) is 0 Å². The third-order valence-electron chi connectivity index (χ3n) is 4.73. The number of phenols is 1. The minimum absolute atomic E-state index is 0.112. The molecule has 11 heteroatoms. The number of anilines is 1. The van der Waals surface area contributed by atoms with E-state index in [0.29, 0.717) is 35.7 Å². The molecule has 1 unspecified atom stereocenters. The van der Waals surface area contributed by atoms with Gasteiger partial charge in [0.15, 0.2) is 5.82 Å². The number of nitrogens with one attached hydrogen (secondary N) is 2. The largest absolute Gasteiger partial charge is 0.507 e. The number of nitrogens with two attached hydrogens (primary N) is 1. The third-order valence-corrected chi connectivity index (χ3v) is 4.73. The Labute approximate surface area is 185 Å². The van der Waals surface area contributed by atoms with Gasteiger partial charge in [0, 0.05) is 36.3 Å². The van der Waals surface area contributed by atoms with E-state index >= 15 is 0 Å². The van der Waals surface area contributed by atoms with Crippen molar-refractivity contribution in [3.63, 3.8) is 0 Å². The molecule has 0 bridgehead atoms. The lowest BCUT2D eigenvalue weighted by atomic mass is 10.0. The molecule has 9 nitrogen and oxygen atoms in total. The van der Waals surface area contributed by atoms with Crippen molar-refractivity contribution >= 4 is 12.3 Å². The Kier molecular flexibility index (Phi) is 10.0. The molecule has 32 heavy (non-hydrogen) atoms. The number of ether oxygens (including phenoxy) is 2. The van der Waals surface area contributed by atoms with Gasteiger partial charge in [-0.3, -0.25) is 4.79 Å². The maximum absolute atomic E-state index is 12.4. The molecule has 0 saturated carbocycles. The number of benzene rings is 1. The molecule has 1 aromatic carbocycles. The SMILES string of the molecule is CCOC=O.Cc1cc(OC(F)F)cc(O)c1-c1cc(CN)c(NC2CCCNC2)nn1. The number of aromatic hydroxyl groups is 1. The highest BCUT2D eigenvalue weighted by Gasteiger charge is 2.18. The number of piperidine rings is 1. The summed E-state index contributed by atoms with van der Waals surface area (Å²) in [5, 5.41) is 25.4. The van der Waals surface area contributed by atoms with Crippen LogP contribution in [0.2, 0.25) is 0 Å². The van der Waals surface area contributed by atoms with Gasteiger partial charge in [-0.05, 0) is 50.9 Å². The molecule has 176 valence electrons. The molecular formula is C21H29F2N5O4. The van der Waals surface area contributed by atoms with E-state index in [-0.39, 0.29) is 24.1 Å². The van der Waals surface area contributed by atoms with E-state index in [4.69, 9.17) is 5.73 Å². The molecule has 3 rings (SSSR count). The minimum Gasteiger partial charge on any atom is -0.507 e. The Morgan fingerprint density at radius 2 is 2.16 bits per heavy atom. The molecule has 1 aromatic heterocycles. The van der Waals surface area contributed by atoms with E-state index in [0.717, 1.165) is 37.6 Å². The number of aromatic nitrogens is 2. The summed E-state index contributed by atoms with van der Waals surface area (Å²) in [4.78, 5) is 9.18. The predicted octanol–water partition coefficient (Wildman–Crippen LogP) is 2.56. The third kappa shape index (κ3) is 7.27. The first kappa shape index (κ1) is 25.2. The summed E-state index contributed by atoms with van der Waals surface area (Å²) in [6.07, 6.45) is 2.12. The average Bonchev–Trinajstić information content (AvgIpc) is 2.75. The highest BCUT2D eigenvalue weighted by Crippen LogP contribution is 2.36. The van der Waals surface area contributed by atoms with Crippen LogP contribution >= 0.6 is 0 Å². The molecule has 1 saturated heterocycles. The fraction of sp³-hybridized carbons (Fsp3) is 0.476. The summed E-state index contributed by atoms with van der Waals surface area (Å²) in [5.41, 5.74) is 8.00. The Morgan fingerprint density at radius 1 is 1.38 bits per heavy atom. The zero-order valence-electron chi connectivity index (χ0n) is 18.1. The molecule has 2 aromatic rings. The first-order chi connectivity index (χ1) is 15.4. The second kappa shape index (κ2) is 12.7. The fourth-order valence-electron chi connectivity index (χ4n) is 3.31. The summed E-state index contributed by atoms with van der Waals surface area (Å²) < 4.78 is 33.3. The topological polar surface area (TPSA) is 132 Å². The Balaban J connectivity index is 0.000000654. The summed E-state index contributed by atoms with van der Waals surface area (Å²) in [6.45, 7) is 3.49. The normalized spacial score (nSPS) is 15.5. The van der Waals surface area contributed by atoms with Gasteiger partial charge in [-0.15, -0.1) is 10.2 Å². The van der Waals surface area contributed by atoms with Crippen LogP contribution in [0.1, 0.15) is 30.9 Å². The van der Waals surface area contributed by atoms with Crippen molar-refractivity contribution in [3.8, 4) is 22.8 Å². The van der Waals surface area contributed by atoms with Crippen LogP contribution in [0.5, 0.6) is 11.5 Å². The van der Waals surface area contributed by atoms with Crippen LogP contribution in [-0.2, 0) is 16.1 Å². The van der Waals surface area contributed by atoms with Crippen LogP contribution in [0, 0.1) is 6.92 Å². The Bertz CT molecular complexity index is 856. The molecule has 2 heterocycles. The predicted molar refractivity (Wildman–Crippen MR) is 116 cm³/mol. The van der Waals surface area contributed by atoms with E-state index < -0.39 is 6.61 Å². The van der Waals surface area contributed by atoms with Crippen molar-refractivity contribution in [2.75, 3.05) is 25.0 Å². The van der Waals surface area contributed by atoms with Gasteiger partial charge in [-0.1, -0.05) is 0 Å². The Morgan fingerprint density at radius 3 is 2.69 bits per heavy atom. The van der Waals surface area contributed by atoms with E-state index in [2.05, 4.69) is 30.3 Å². The van der Waals surface area contributed by atoms with Crippen LogP contribution in [0.15, 0.2) is 18.2 Å². The van der Waals surface area contributed by atoms with Gasteiger partial charge in [0.25, 0.3) is 6.47 Å². The number of carbonyl (C=O) groups is 1. The van der Waals surface area contributed by atoms with Gasteiger partial charge in [0.05, 0.1) is 12.3 Å². The van der Waals surface area contributed by atoms with Crippen molar-refractivity contribution in [2.45, 2.75) is 45.9 Å². The number of nitrogens with zero attached hydrogens (tertiary/aromatic N) is 2. The highest BCUT2D eigenvalue weighted by molar-refractivity contribution is 5.73. The van der Waals surface area contributed by atoms with E-state index in [9.17, 15) is 18.7 Å². The molecule has 0 amide bonds. The number of phenolic OH excluding ortho intramolecular Hbond substituents is 1. The van der Waals surface area contributed by atoms with Gasteiger partial charge >= 0.3 is 6.61 Å². The average molecular weight is 453 g/mol. The molecule has 1 aliphatic heterocycles. The summed E-state index contributed by atoms with van der Waals surface area (Å²) in [5.74, 6) is 0.295. The highest BCUT2D eigenvalue weighted by atomic mass is 19.3. The molecular weight excluding hydrogens is 424 g/mol. The van der Waals surface area contributed by atoms with E-state index in [1.54, 1.807) is 19.9 Å². The Hall–Kier alpha value is -3.05. The monoisotopic (exact) mass is 453 g/mol. The number of aryl methyl sites for hydroxylation is 1. The van der Waals surface area contributed by atoms with Gasteiger partial charge in [0.1, 0.15) is 11.5 Å². The van der Waals surface area contributed by atoms with Gasteiger partial charge in [0.2, 0.25) is 0 Å². The van der Waals surface area contributed by atoms with Gasteiger partial charge < -0.3 is 30.9 Å². The van der Waals surface area contributed by atoms with E-state index in [1.165, 1.54) is 6.07 Å². The number of hydrogen-bond acceptors (Lipinski definition) is 9. The van der Waals surface area contributed by atoms with Crippen LogP contribution < -0.4 is 21.1 Å². The smallest absolute Gasteiger partial charge is 0.387 e. The van der Waals surface area contributed by atoms with Crippen LogP contribution in [0.3, 0.4) is 0 Å². The van der Waals surface area contributed by atoms with Crippen LogP contribution in [-0.4, -0.2) is 54.1 Å². The lowest BCUT2D eigenvalue weighted by molar-refractivity contribution is -0.128. The molecule has 1 fully saturated rings. The maximum Gasteiger partial charge on any atom is 0.387 e. The quantitative estimate of drug-likeness (QED) is 0.445. The second-order valence-corrected chi connectivity index (χ2v) is 7.06. The number of hydrogen-bond donors (Lipinski definition) is 4. The molecule has 0 spiro atoms. The lowest BCUT2D eigenvalue weighted by Gasteiger charge is -2.25. The number of rotatable bonds is 8. The first-order valence-electron chi connectivity index (χ1n) is 10.3. The van der Waals surface area contributed by atoms with E-state index in [1.807, 2.05) is 0 Å². The molecule has 5 N–H and O–H groups in total. The zero-order chi connectivity index (χ0) is 23.5. The number of carbonyl (C=O) groups excluding carboxylic acids is 1. The number of halogens is 2. The van der Waals surface area contributed by atoms with Crippen LogP contribution in [0.25, 0.3) is 11.3 Å². The van der Waals surface area contributed by atoms with Crippen molar-refractivity contribution in [1.82, 2.24) is 15.5 Å². The fourth-order valence-corrected chi connectivity index (χ4v) is 3.31. The van der Waals surface area contributed by atoms with Gasteiger partial charge in [-0.25, -0.2) is 0 Å². The minimum atomic E-state index is -2.96. The standard InChI is InChI=1S/C18H23F2N5O2.C3H6O2/c1-10-5-13(27-18(19)20)7-15(26)16(10)14-6-11(8-21)17(25-24-14)23-12-3-2-4-22-9-12;1-2-5-3-4/h5-7,12,18,22,26H,2-4,8-9,21H2,1H3,(H,23,25);3H,2H2,1H3. The lowest BCUT2D eigenvalue weighted by Crippen LogP contribution is -2.39. The first-order valence-corrected chi connectivity index (χ1v) is 10.3. The van der Waals surface area contributed by atoms with Crippen LogP contribution in [0.4, 0.5) is 14.6 Å². The zero-order valence-corrected chi connectivity index (χ0v) is 18.1. The second-order valence-electron chi connectivity index (χ2n) is 7.06. The molecule has 0 radical (unpaired) electrons. The number of alkyl halides is 2. The molecule has 0 aliphatic carbocycles. The summed E-state index contributed by atoms with van der Waals surface area (Å²) >= 11 is 0. The molecule has 1 atom stereocenters. The summed E-state index contributed by atoms with van der Waals surface area (Å²) in [7, 11) is 0. The van der Waals surface area contributed by atoms with Crippen molar-refractivity contribution in [3.05, 3.63) is 29.3 Å². The van der Waals surface area contributed by atoms with Crippen molar-refractivity contribution < 1.29 is 28.2 Å². The van der Waals surface area contributed by atoms with Crippen molar-refractivity contribution in [2.24, 2.45) is 5.73 Å². The van der Waals surface area contributed by atoms with Gasteiger partial charge in [-0.2, -0.15) is 8.78 Å².